The molecule has 0 aliphatic heterocycles. The zero-order chi connectivity index (χ0) is 15.6. The lowest BCUT2D eigenvalue weighted by atomic mass is 10.1. The zero-order valence-electron chi connectivity index (χ0n) is 11.8. The second kappa shape index (κ2) is 6.17. The smallest absolute Gasteiger partial charge is 0.241 e. The lowest BCUT2D eigenvalue weighted by molar-refractivity contribution is 0.566. The SMILES string of the molecule is Cc1cc(N)ccc1S(=O)(=O)N[C@H](C)c1ccc(Br)cc1. The Labute approximate surface area is 133 Å². The summed E-state index contributed by atoms with van der Waals surface area (Å²) in [6.45, 7) is 3.54. The van der Waals surface area contributed by atoms with Crippen molar-refractivity contribution in [3.63, 3.8) is 0 Å². The lowest BCUT2D eigenvalue weighted by Gasteiger charge is -2.16. The van der Waals surface area contributed by atoms with Crippen molar-refractivity contribution < 1.29 is 8.42 Å². The maximum absolute atomic E-state index is 12.5. The fourth-order valence-electron chi connectivity index (χ4n) is 2.09. The van der Waals surface area contributed by atoms with E-state index in [1.54, 1.807) is 19.1 Å². The van der Waals surface area contributed by atoms with Gasteiger partial charge in [-0.2, -0.15) is 0 Å². The van der Waals surface area contributed by atoms with Crippen molar-refractivity contribution in [2.45, 2.75) is 24.8 Å². The number of halogens is 1. The van der Waals surface area contributed by atoms with Crippen molar-refractivity contribution >= 4 is 31.6 Å². The molecule has 21 heavy (non-hydrogen) atoms. The van der Waals surface area contributed by atoms with Crippen LogP contribution in [0.3, 0.4) is 0 Å². The summed E-state index contributed by atoms with van der Waals surface area (Å²) in [4.78, 5) is 0.251. The fourth-order valence-corrected chi connectivity index (χ4v) is 3.81. The van der Waals surface area contributed by atoms with Crippen molar-refractivity contribution in [2.75, 3.05) is 5.73 Å². The molecule has 0 heterocycles. The summed E-state index contributed by atoms with van der Waals surface area (Å²) >= 11 is 3.36. The number of hydrogen-bond donors (Lipinski definition) is 2. The standard InChI is InChI=1S/C15H17BrN2O2S/c1-10-9-14(17)7-8-15(10)21(19,20)18-11(2)12-3-5-13(16)6-4-12/h3-9,11,18H,17H2,1-2H3/t11-/m1/s1. The fraction of sp³-hybridized carbons (Fsp3) is 0.200. The van der Waals surface area contributed by atoms with Gasteiger partial charge >= 0.3 is 0 Å². The molecule has 0 amide bonds. The molecule has 2 rings (SSSR count). The Morgan fingerprint density at radius 2 is 1.76 bits per heavy atom. The summed E-state index contributed by atoms with van der Waals surface area (Å²) in [6.07, 6.45) is 0. The number of benzene rings is 2. The van der Waals surface area contributed by atoms with Crippen LogP contribution in [0.25, 0.3) is 0 Å². The van der Waals surface area contributed by atoms with Gasteiger partial charge in [0.05, 0.1) is 4.90 Å². The highest BCUT2D eigenvalue weighted by atomic mass is 79.9. The maximum atomic E-state index is 12.5. The molecule has 2 aromatic carbocycles. The minimum absolute atomic E-state index is 0.251. The topological polar surface area (TPSA) is 72.2 Å². The highest BCUT2D eigenvalue weighted by molar-refractivity contribution is 9.10. The number of nitrogens with two attached hydrogens (primary N) is 1. The summed E-state index contributed by atoms with van der Waals surface area (Å²) in [5.74, 6) is 0. The van der Waals surface area contributed by atoms with Crippen molar-refractivity contribution in [3.05, 3.63) is 58.1 Å². The van der Waals surface area contributed by atoms with E-state index in [0.717, 1.165) is 10.0 Å². The van der Waals surface area contributed by atoms with Gasteiger partial charge in [-0.15, -0.1) is 0 Å². The monoisotopic (exact) mass is 368 g/mol. The molecule has 0 aromatic heterocycles. The summed E-state index contributed by atoms with van der Waals surface area (Å²) in [7, 11) is -3.58. The first-order chi connectivity index (χ1) is 9.79. The van der Waals surface area contributed by atoms with Crippen LogP contribution in [0.15, 0.2) is 51.8 Å². The predicted molar refractivity (Wildman–Crippen MR) is 88.5 cm³/mol. The third-order valence-corrected chi connectivity index (χ3v) is 5.42. The number of aryl methyl sites for hydroxylation is 1. The molecule has 0 radical (unpaired) electrons. The molecular weight excluding hydrogens is 352 g/mol. The van der Waals surface area contributed by atoms with Gasteiger partial charge in [-0.25, -0.2) is 13.1 Å². The Hall–Kier alpha value is -1.37. The Bertz CT molecular complexity index is 743. The van der Waals surface area contributed by atoms with Crippen LogP contribution in [-0.4, -0.2) is 8.42 Å². The van der Waals surface area contributed by atoms with Gasteiger partial charge in [0.1, 0.15) is 0 Å². The average molecular weight is 369 g/mol. The van der Waals surface area contributed by atoms with Gasteiger partial charge < -0.3 is 5.73 Å². The molecule has 3 N–H and O–H groups in total. The molecule has 1 atom stereocenters. The zero-order valence-corrected chi connectivity index (χ0v) is 14.2. The Balaban J connectivity index is 2.26. The molecule has 0 saturated heterocycles. The van der Waals surface area contributed by atoms with E-state index in [1.165, 1.54) is 6.07 Å². The molecule has 112 valence electrons. The van der Waals surface area contributed by atoms with E-state index in [4.69, 9.17) is 5.73 Å². The minimum atomic E-state index is -3.58. The van der Waals surface area contributed by atoms with E-state index < -0.39 is 10.0 Å². The van der Waals surface area contributed by atoms with Gasteiger partial charge in [0.2, 0.25) is 10.0 Å². The molecule has 6 heteroatoms. The second-order valence-electron chi connectivity index (χ2n) is 4.92. The van der Waals surface area contributed by atoms with Crippen LogP contribution in [0, 0.1) is 6.92 Å². The van der Waals surface area contributed by atoms with Gasteiger partial charge in [0.25, 0.3) is 0 Å². The van der Waals surface area contributed by atoms with Crippen molar-refractivity contribution in [2.24, 2.45) is 0 Å². The number of nitrogen functional groups attached to an aromatic ring is 1. The van der Waals surface area contributed by atoms with E-state index in [0.29, 0.717) is 11.3 Å². The van der Waals surface area contributed by atoms with Crippen LogP contribution in [0.4, 0.5) is 5.69 Å². The van der Waals surface area contributed by atoms with Crippen LogP contribution < -0.4 is 10.5 Å². The molecule has 4 nitrogen and oxygen atoms in total. The number of sulfonamides is 1. The van der Waals surface area contributed by atoms with Crippen LogP contribution in [0.1, 0.15) is 24.1 Å². The maximum Gasteiger partial charge on any atom is 0.241 e. The van der Waals surface area contributed by atoms with E-state index in [2.05, 4.69) is 20.7 Å². The first-order valence-electron chi connectivity index (χ1n) is 6.43. The molecule has 0 unspecified atom stereocenters. The molecule has 0 fully saturated rings. The van der Waals surface area contributed by atoms with Crippen LogP contribution >= 0.6 is 15.9 Å². The summed E-state index contributed by atoms with van der Waals surface area (Å²) < 4.78 is 28.5. The normalized spacial score (nSPS) is 13.1. The van der Waals surface area contributed by atoms with Gasteiger partial charge in [-0.05, 0) is 55.3 Å². The van der Waals surface area contributed by atoms with Crippen molar-refractivity contribution in [1.82, 2.24) is 4.72 Å². The molecule has 0 saturated carbocycles. The lowest BCUT2D eigenvalue weighted by Crippen LogP contribution is -2.27. The van der Waals surface area contributed by atoms with Crippen molar-refractivity contribution in [3.8, 4) is 0 Å². The Kier molecular flexibility index (Phi) is 4.70. The van der Waals surface area contributed by atoms with Gasteiger partial charge in [-0.3, -0.25) is 0 Å². The number of rotatable bonds is 4. The number of nitrogens with one attached hydrogen (secondary N) is 1. The molecular formula is C15H17BrN2O2S. The van der Waals surface area contributed by atoms with E-state index in [1.807, 2.05) is 31.2 Å². The van der Waals surface area contributed by atoms with Crippen LogP contribution in [0.5, 0.6) is 0 Å². The highest BCUT2D eigenvalue weighted by Crippen LogP contribution is 2.22. The molecule has 2 aromatic rings. The number of anilines is 1. The largest absolute Gasteiger partial charge is 0.399 e. The highest BCUT2D eigenvalue weighted by Gasteiger charge is 2.20. The molecule has 0 spiro atoms. The molecule has 0 bridgehead atoms. The van der Waals surface area contributed by atoms with Gasteiger partial charge in [0.15, 0.2) is 0 Å². The van der Waals surface area contributed by atoms with Gasteiger partial charge in [-0.1, -0.05) is 28.1 Å². The summed E-state index contributed by atoms with van der Waals surface area (Å²) in [5.41, 5.74) is 7.73. The van der Waals surface area contributed by atoms with E-state index in [9.17, 15) is 8.42 Å². The Morgan fingerprint density at radius 3 is 2.33 bits per heavy atom. The predicted octanol–water partition coefficient (Wildman–Crippen LogP) is 3.38. The van der Waals surface area contributed by atoms with E-state index >= 15 is 0 Å². The van der Waals surface area contributed by atoms with Gasteiger partial charge in [0, 0.05) is 16.2 Å². The van der Waals surface area contributed by atoms with E-state index in [-0.39, 0.29) is 10.9 Å². The second-order valence-corrected chi connectivity index (χ2v) is 7.52. The van der Waals surface area contributed by atoms with Crippen LogP contribution in [-0.2, 0) is 10.0 Å². The average Bonchev–Trinajstić information content (AvgIpc) is 2.38. The Morgan fingerprint density at radius 1 is 1.14 bits per heavy atom. The summed E-state index contributed by atoms with van der Waals surface area (Å²) in [6, 6.07) is 12.0. The molecule has 0 aliphatic carbocycles. The third kappa shape index (κ3) is 3.84. The quantitative estimate of drug-likeness (QED) is 0.812. The van der Waals surface area contributed by atoms with Crippen molar-refractivity contribution in [1.29, 1.82) is 0 Å². The molecule has 0 aliphatic rings. The third-order valence-electron chi connectivity index (χ3n) is 3.19. The van der Waals surface area contributed by atoms with Crippen LogP contribution in [0.2, 0.25) is 0 Å². The first kappa shape index (κ1) is 16.0. The summed E-state index contributed by atoms with van der Waals surface area (Å²) in [5, 5.41) is 0. The minimum Gasteiger partial charge on any atom is -0.399 e. The number of hydrogen-bond acceptors (Lipinski definition) is 3. The first-order valence-corrected chi connectivity index (χ1v) is 8.71.